The van der Waals surface area contributed by atoms with Crippen molar-refractivity contribution in [2.75, 3.05) is 0 Å². The summed E-state index contributed by atoms with van der Waals surface area (Å²) in [6.45, 7) is 1.90. The molecule has 0 amide bonds. The van der Waals surface area contributed by atoms with Crippen molar-refractivity contribution < 1.29 is 9.21 Å². The molecule has 1 unspecified atom stereocenters. The summed E-state index contributed by atoms with van der Waals surface area (Å²) in [7, 11) is 0. The van der Waals surface area contributed by atoms with Crippen LogP contribution in [0.2, 0.25) is 0 Å². The molecule has 2 aromatic carbocycles. The second-order valence-electron chi connectivity index (χ2n) is 7.13. The molecule has 4 rings (SSSR count). The van der Waals surface area contributed by atoms with Crippen LogP contribution >= 0.6 is 0 Å². The van der Waals surface area contributed by atoms with Crippen molar-refractivity contribution >= 4 is 5.78 Å². The van der Waals surface area contributed by atoms with E-state index in [9.17, 15) is 4.79 Å². The number of Topliss-reactive ketones (excluding diaryl/α,β-unsaturated/α-hetero) is 1. The first-order valence-corrected chi connectivity index (χ1v) is 8.83. The minimum Gasteiger partial charge on any atom is -0.423 e. The number of carbonyl (C=O) groups is 1. The van der Waals surface area contributed by atoms with Gasteiger partial charge in [-0.25, -0.2) is 0 Å². The monoisotopic (exact) mass is 347 g/mol. The largest absolute Gasteiger partial charge is 0.423 e. The van der Waals surface area contributed by atoms with Gasteiger partial charge in [0.1, 0.15) is 0 Å². The molecule has 132 valence electrons. The molecule has 0 spiro atoms. The summed E-state index contributed by atoms with van der Waals surface area (Å²) in [5.74, 6) is 1.07. The maximum Gasteiger partial charge on any atom is 0.236 e. The summed E-state index contributed by atoms with van der Waals surface area (Å²) in [5.41, 5.74) is 8.55. The van der Waals surface area contributed by atoms with E-state index in [0.717, 1.165) is 16.7 Å². The van der Waals surface area contributed by atoms with Crippen LogP contribution < -0.4 is 5.73 Å². The zero-order valence-corrected chi connectivity index (χ0v) is 14.7. The van der Waals surface area contributed by atoms with Crippen molar-refractivity contribution in [2.45, 2.75) is 37.6 Å². The molecule has 1 aromatic heterocycles. The standard InChI is InChI=1S/C21H21N3O2/c1-21(22,13-14-7-3-2-4-8-14)20-24-23-19(26-20)17-11-12-18(25)16-10-6-5-9-15(16)17/h2-10,17H,11-13,22H2,1H3/t17?,21-/m1/s1. The van der Waals surface area contributed by atoms with Crippen LogP contribution in [0.4, 0.5) is 0 Å². The number of rotatable bonds is 4. The van der Waals surface area contributed by atoms with E-state index in [2.05, 4.69) is 10.2 Å². The highest BCUT2D eigenvalue weighted by Crippen LogP contribution is 2.36. The lowest BCUT2D eigenvalue weighted by Crippen LogP contribution is -2.35. The Labute approximate surface area is 152 Å². The fraction of sp³-hybridized carbons (Fsp3) is 0.286. The van der Waals surface area contributed by atoms with Crippen LogP contribution in [0.15, 0.2) is 59.0 Å². The third-order valence-electron chi connectivity index (χ3n) is 4.94. The van der Waals surface area contributed by atoms with Gasteiger partial charge in [-0.15, -0.1) is 10.2 Å². The second kappa shape index (κ2) is 6.50. The van der Waals surface area contributed by atoms with Crippen molar-refractivity contribution in [2.24, 2.45) is 5.73 Å². The molecule has 1 aliphatic carbocycles. The average molecular weight is 347 g/mol. The number of benzene rings is 2. The molecule has 5 nitrogen and oxygen atoms in total. The van der Waals surface area contributed by atoms with Crippen LogP contribution in [-0.4, -0.2) is 16.0 Å². The van der Waals surface area contributed by atoms with Gasteiger partial charge in [-0.1, -0.05) is 54.6 Å². The van der Waals surface area contributed by atoms with Gasteiger partial charge in [-0.05, 0) is 30.9 Å². The number of hydrogen-bond acceptors (Lipinski definition) is 5. The first-order valence-electron chi connectivity index (χ1n) is 8.83. The van der Waals surface area contributed by atoms with Crippen molar-refractivity contribution in [3.05, 3.63) is 83.1 Å². The highest BCUT2D eigenvalue weighted by Gasteiger charge is 2.33. The quantitative estimate of drug-likeness (QED) is 0.780. The number of hydrogen-bond donors (Lipinski definition) is 1. The molecule has 0 fully saturated rings. The summed E-state index contributed by atoms with van der Waals surface area (Å²) >= 11 is 0. The Morgan fingerprint density at radius 1 is 1.12 bits per heavy atom. The van der Waals surface area contributed by atoms with Crippen LogP contribution in [0, 0.1) is 0 Å². The van der Waals surface area contributed by atoms with Gasteiger partial charge >= 0.3 is 0 Å². The number of aromatic nitrogens is 2. The predicted octanol–water partition coefficient (Wildman–Crippen LogP) is 3.59. The van der Waals surface area contributed by atoms with Gasteiger partial charge in [-0.3, -0.25) is 4.79 Å². The van der Waals surface area contributed by atoms with E-state index in [1.807, 2.05) is 61.5 Å². The minimum absolute atomic E-state index is 0.0577. The fourth-order valence-electron chi connectivity index (χ4n) is 3.58. The molecule has 0 radical (unpaired) electrons. The van der Waals surface area contributed by atoms with Gasteiger partial charge in [0.05, 0.1) is 11.5 Å². The molecule has 0 aliphatic heterocycles. The van der Waals surface area contributed by atoms with Crippen molar-refractivity contribution in [1.29, 1.82) is 0 Å². The summed E-state index contributed by atoms with van der Waals surface area (Å²) in [6, 6.07) is 17.7. The number of nitrogens with zero attached hydrogens (tertiary/aromatic N) is 2. The van der Waals surface area contributed by atoms with Crippen molar-refractivity contribution in [3.63, 3.8) is 0 Å². The number of fused-ring (bicyclic) bond motifs is 1. The van der Waals surface area contributed by atoms with Crippen LogP contribution in [0.25, 0.3) is 0 Å². The molecular weight excluding hydrogens is 326 g/mol. The lowest BCUT2D eigenvalue weighted by Gasteiger charge is -2.22. The van der Waals surface area contributed by atoms with E-state index in [-0.39, 0.29) is 11.7 Å². The van der Waals surface area contributed by atoms with Crippen molar-refractivity contribution in [1.82, 2.24) is 10.2 Å². The van der Waals surface area contributed by atoms with Crippen LogP contribution in [-0.2, 0) is 12.0 Å². The summed E-state index contributed by atoms with van der Waals surface area (Å²) in [5, 5.41) is 8.49. The van der Waals surface area contributed by atoms with Gasteiger partial charge in [0.25, 0.3) is 0 Å². The Kier molecular flexibility index (Phi) is 4.17. The highest BCUT2D eigenvalue weighted by molar-refractivity contribution is 5.98. The van der Waals surface area contributed by atoms with E-state index in [1.54, 1.807) is 0 Å². The molecule has 0 bridgehead atoms. The normalized spacial score (nSPS) is 19.0. The Hall–Kier alpha value is -2.79. The molecule has 0 saturated carbocycles. The Morgan fingerprint density at radius 2 is 1.85 bits per heavy atom. The van der Waals surface area contributed by atoms with E-state index in [1.165, 1.54) is 0 Å². The van der Waals surface area contributed by atoms with Crippen molar-refractivity contribution in [3.8, 4) is 0 Å². The van der Waals surface area contributed by atoms with Gasteiger partial charge in [0.2, 0.25) is 11.8 Å². The molecule has 26 heavy (non-hydrogen) atoms. The number of ketones is 1. The van der Waals surface area contributed by atoms with E-state index < -0.39 is 5.54 Å². The highest BCUT2D eigenvalue weighted by atomic mass is 16.4. The molecular formula is C21H21N3O2. The SMILES string of the molecule is C[C@@](N)(Cc1ccccc1)c1nnc(C2CCC(=O)c3ccccc32)o1. The third kappa shape index (κ3) is 3.06. The number of carbonyl (C=O) groups excluding carboxylic acids is 1. The Bertz CT molecular complexity index is 931. The molecule has 2 atom stereocenters. The van der Waals surface area contributed by atoms with E-state index in [0.29, 0.717) is 31.0 Å². The maximum atomic E-state index is 12.1. The fourth-order valence-corrected chi connectivity index (χ4v) is 3.58. The Morgan fingerprint density at radius 3 is 2.65 bits per heavy atom. The molecule has 1 aliphatic rings. The smallest absolute Gasteiger partial charge is 0.236 e. The maximum absolute atomic E-state index is 12.1. The lowest BCUT2D eigenvalue weighted by molar-refractivity contribution is 0.0967. The Balaban J connectivity index is 1.62. The molecule has 3 aromatic rings. The van der Waals surface area contributed by atoms with Gasteiger partial charge in [0.15, 0.2) is 5.78 Å². The molecule has 0 saturated heterocycles. The zero-order valence-electron chi connectivity index (χ0n) is 14.7. The van der Waals surface area contributed by atoms with Crippen LogP contribution in [0.5, 0.6) is 0 Å². The topological polar surface area (TPSA) is 82.0 Å². The lowest BCUT2D eigenvalue weighted by atomic mass is 9.82. The van der Waals surface area contributed by atoms with Gasteiger partial charge in [-0.2, -0.15) is 0 Å². The zero-order chi connectivity index (χ0) is 18.1. The van der Waals surface area contributed by atoms with E-state index in [4.69, 9.17) is 10.2 Å². The summed E-state index contributed by atoms with van der Waals surface area (Å²) in [6.07, 6.45) is 1.77. The van der Waals surface area contributed by atoms with Crippen LogP contribution in [0.1, 0.15) is 58.9 Å². The first kappa shape index (κ1) is 16.7. The minimum atomic E-state index is -0.753. The second-order valence-corrected chi connectivity index (χ2v) is 7.13. The number of nitrogens with two attached hydrogens (primary N) is 1. The first-order chi connectivity index (χ1) is 12.5. The van der Waals surface area contributed by atoms with E-state index >= 15 is 0 Å². The predicted molar refractivity (Wildman–Crippen MR) is 97.8 cm³/mol. The summed E-state index contributed by atoms with van der Waals surface area (Å²) in [4.78, 5) is 12.1. The average Bonchev–Trinajstić information content (AvgIpc) is 3.14. The van der Waals surface area contributed by atoms with Gasteiger partial charge < -0.3 is 10.2 Å². The summed E-state index contributed by atoms with van der Waals surface area (Å²) < 4.78 is 5.99. The molecule has 2 N–H and O–H groups in total. The molecule has 5 heteroatoms. The van der Waals surface area contributed by atoms with Crippen LogP contribution in [0.3, 0.4) is 0 Å². The van der Waals surface area contributed by atoms with Gasteiger partial charge in [0, 0.05) is 12.0 Å². The third-order valence-corrected chi connectivity index (χ3v) is 4.94. The molecule has 1 heterocycles.